The Morgan fingerprint density at radius 2 is 2.16 bits per heavy atom. The number of carbonyl (C=O) groups is 2. The number of nitrogens with zero attached hydrogens (tertiary/aromatic N) is 4. The molecule has 1 aliphatic heterocycles. The van der Waals surface area contributed by atoms with E-state index in [1.807, 2.05) is 6.92 Å². The lowest BCUT2D eigenvalue weighted by molar-refractivity contribution is -0.155. The van der Waals surface area contributed by atoms with Crippen LogP contribution in [0.1, 0.15) is 6.92 Å². The van der Waals surface area contributed by atoms with Crippen LogP contribution in [0.15, 0.2) is 29.1 Å². The molecule has 0 saturated carbocycles. The minimum absolute atomic E-state index is 0.0418. The second-order valence-electron chi connectivity index (χ2n) is 5.75. The summed E-state index contributed by atoms with van der Waals surface area (Å²) in [4.78, 5) is 37.8. The lowest BCUT2D eigenvalue weighted by atomic mass is 10.2. The molecule has 9 nitrogen and oxygen atoms in total. The van der Waals surface area contributed by atoms with Gasteiger partial charge >= 0.3 is 5.97 Å². The summed E-state index contributed by atoms with van der Waals surface area (Å²) < 4.78 is 11.2. The molecule has 1 aliphatic rings. The number of morpholine rings is 1. The predicted molar refractivity (Wildman–Crippen MR) is 86.8 cm³/mol. The first-order valence-electron chi connectivity index (χ1n) is 7.92. The van der Waals surface area contributed by atoms with E-state index in [1.165, 1.54) is 0 Å². The molecule has 132 valence electrons. The van der Waals surface area contributed by atoms with Crippen LogP contribution in [0.2, 0.25) is 0 Å². The number of fused-ring (bicyclic) bond motifs is 1. The van der Waals surface area contributed by atoms with Gasteiger partial charge in [0.1, 0.15) is 12.1 Å². The number of ether oxygens (including phenoxy) is 2. The van der Waals surface area contributed by atoms with Crippen LogP contribution in [0.25, 0.3) is 10.9 Å². The molecule has 1 amide bonds. The van der Waals surface area contributed by atoms with Gasteiger partial charge in [0.15, 0.2) is 6.61 Å². The summed E-state index contributed by atoms with van der Waals surface area (Å²) in [7, 11) is 0. The van der Waals surface area contributed by atoms with Gasteiger partial charge in [-0.25, -0.2) is 0 Å². The molecule has 9 heteroatoms. The molecule has 0 aliphatic carbocycles. The van der Waals surface area contributed by atoms with Gasteiger partial charge < -0.3 is 14.4 Å². The van der Waals surface area contributed by atoms with Crippen molar-refractivity contribution in [2.45, 2.75) is 19.6 Å². The van der Waals surface area contributed by atoms with Crippen LogP contribution in [0.3, 0.4) is 0 Å². The van der Waals surface area contributed by atoms with Crippen LogP contribution in [0.4, 0.5) is 0 Å². The first-order chi connectivity index (χ1) is 12.0. The maximum atomic E-state index is 12.2. The molecule has 1 saturated heterocycles. The van der Waals surface area contributed by atoms with E-state index >= 15 is 0 Å². The van der Waals surface area contributed by atoms with Crippen LogP contribution in [0, 0.1) is 0 Å². The van der Waals surface area contributed by atoms with E-state index in [2.05, 4.69) is 10.3 Å². The van der Waals surface area contributed by atoms with Crippen LogP contribution in [0.5, 0.6) is 0 Å². The Hall–Kier alpha value is -2.81. The second kappa shape index (κ2) is 7.39. The first kappa shape index (κ1) is 17.0. The lowest BCUT2D eigenvalue weighted by Gasteiger charge is -2.30. The number of carbonyl (C=O) groups excluding carboxylic acids is 2. The average molecular weight is 346 g/mol. The maximum Gasteiger partial charge on any atom is 0.328 e. The van der Waals surface area contributed by atoms with Gasteiger partial charge in [-0.15, -0.1) is 5.10 Å². The number of benzene rings is 1. The number of hydrogen-bond acceptors (Lipinski definition) is 7. The van der Waals surface area contributed by atoms with Crippen molar-refractivity contribution in [1.82, 2.24) is 19.9 Å². The SMILES string of the molecule is CC1CN(C(=O)COC(=O)Cn2nnc3ccccc3c2=O)CCO1. The van der Waals surface area contributed by atoms with Crippen molar-refractivity contribution in [3.63, 3.8) is 0 Å². The third-order valence-corrected chi connectivity index (χ3v) is 3.86. The number of rotatable bonds is 4. The highest BCUT2D eigenvalue weighted by Gasteiger charge is 2.22. The van der Waals surface area contributed by atoms with Crippen molar-refractivity contribution in [2.75, 3.05) is 26.3 Å². The molecule has 1 aromatic carbocycles. The van der Waals surface area contributed by atoms with Gasteiger partial charge in [0, 0.05) is 13.1 Å². The number of aromatic nitrogens is 3. The Bertz CT molecular complexity index is 850. The summed E-state index contributed by atoms with van der Waals surface area (Å²) in [5.41, 5.74) is 0.0182. The van der Waals surface area contributed by atoms with Crippen molar-refractivity contribution in [3.05, 3.63) is 34.6 Å². The van der Waals surface area contributed by atoms with Crippen LogP contribution in [-0.4, -0.2) is 64.2 Å². The van der Waals surface area contributed by atoms with Crippen molar-refractivity contribution in [1.29, 1.82) is 0 Å². The topological polar surface area (TPSA) is 104 Å². The summed E-state index contributed by atoms with van der Waals surface area (Å²) in [5, 5.41) is 7.97. The Kier molecular flexibility index (Phi) is 5.03. The second-order valence-corrected chi connectivity index (χ2v) is 5.75. The van der Waals surface area contributed by atoms with Gasteiger partial charge in [0.25, 0.3) is 11.5 Å². The van der Waals surface area contributed by atoms with E-state index in [1.54, 1.807) is 29.2 Å². The Labute approximate surface area is 143 Å². The smallest absolute Gasteiger partial charge is 0.328 e. The fourth-order valence-electron chi connectivity index (χ4n) is 2.57. The summed E-state index contributed by atoms with van der Waals surface area (Å²) >= 11 is 0. The molecule has 2 heterocycles. The highest BCUT2D eigenvalue weighted by atomic mass is 16.5. The third kappa shape index (κ3) is 4.00. The van der Waals surface area contributed by atoms with Gasteiger partial charge in [-0.1, -0.05) is 17.3 Å². The summed E-state index contributed by atoms with van der Waals surface area (Å²) in [6, 6.07) is 6.72. The quantitative estimate of drug-likeness (QED) is 0.693. The molecule has 0 radical (unpaired) electrons. The van der Waals surface area contributed by atoms with Crippen LogP contribution in [-0.2, 0) is 25.6 Å². The fraction of sp³-hybridized carbons (Fsp3) is 0.438. The predicted octanol–water partition coefficient (Wildman–Crippen LogP) is -0.418. The minimum Gasteiger partial charge on any atom is -0.454 e. The zero-order valence-corrected chi connectivity index (χ0v) is 13.8. The van der Waals surface area contributed by atoms with Gasteiger partial charge in [-0.2, -0.15) is 4.68 Å². The first-order valence-corrected chi connectivity index (χ1v) is 7.92. The van der Waals surface area contributed by atoms with E-state index in [0.717, 1.165) is 4.68 Å². The van der Waals surface area contributed by atoms with Gasteiger partial charge in [0.05, 0.1) is 18.1 Å². The number of amides is 1. The number of hydrogen-bond donors (Lipinski definition) is 0. The molecule has 0 bridgehead atoms. The molecule has 0 N–H and O–H groups in total. The average Bonchev–Trinajstić information content (AvgIpc) is 2.62. The summed E-state index contributed by atoms with van der Waals surface area (Å²) in [6.07, 6.45) is -0.0418. The van der Waals surface area contributed by atoms with E-state index in [9.17, 15) is 14.4 Å². The fourth-order valence-corrected chi connectivity index (χ4v) is 2.57. The van der Waals surface area contributed by atoms with Gasteiger partial charge in [-0.05, 0) is 19.1 Å². The summed E-state index contributed by atoms with van der Waals surface area (Å²) in [6.45, 7) is 2.49. The van der Waals surface area contributed by atoms with Crippen molar-refractivity contribution < 1.29 is 19.1 Å². The molecule has 1 unspecified atom stereocenters. The van der Waals surface area contributed by atoms with E-state index in [0.29, 0.717) is 30.6 Å². The monoisotopic (exact) mass is 346 g/mol. The molecule has 1 aromatic heterocycles. The lowest BCUT2D eigenvalue weighted by Crippen LogP contribution is -2.46. The molecule has 1 fully saturated rings. The highest BCUT2D eigenvalue weighted by Crippen LogP contribution is 2.05. The number of esters is 1. The molecule has 0 spiro atoms. The van der Waals surface area contributed by atoms with Crippen molar-refractivity contribution >= 4 is 22.8 Å². The zero-order valence-electron chi connectivity index (χ0n) is 13.8. The largest absolute Gasteiger partial charge is 0.454 e. The van der Waals surface area contributed by atoms with Crippen LogP contribution >= 0.6 is 0 Å². The Morgan fingerprint density at radius 3 is 2.96 bits per heavy atom. The van der Waals surface area contributed by atoms with Crippen molar-refractivity contribution in [3.8, 4) is 0 Å². The van der Waals surface area contributed by atoms with Crippen molar-refractivity contribution in [2.24, 2.45) is 0 Å². The molecule has 25 heavy (non-hydrogen) atoms. The Morgan fingerprint density at radius 1 is 1.36 bits per heavy atom. The standard InChI is InChI=1S/C16H18N4O5/c1-11-8-19(6-7-24-11)14(21)10-25-15(22)9-20-16(23)12-4-2-3-5-13(12)17-18-20/h2-5,11H,6-10H2,1H3. The third-order valence-electron chi connectivity index (χ3n) is 3.86. The molecule has 1 atom stereocenters. The van der Waals surface area contributed by atoms with E-state index in [-0.39, 0.29) is 18.6 Å². The van der Waals surface area contributed by atoms with E-state index < -0.39 is 18.1 Å². The molecular weight excluding hydrogens is 328 g/mol. The van der Waals surface area contributed by atoms with Crippen LogP contribution < -0.4 is 5.56 Å². The normalized spacial score (nSPS) is 17.5. The molecule has 2 aromatic rings. The summed E-state index contributed by atoms with van der Waals surface area (Å²) in [5.74, 6) is -1.01. The Balaban J connectivity index is 1.58. The van der Waals surface area contributed by atoms with E-state index in [4.69, 9.17) is 9.47 Å². The minimum atomic E-state index is -0.721. The molecular formula is C16H18N4O5. The van der Waals surface area contributed by atoms with Gasteiger partial charge in [0.2, 0.25) is 0 Å². The highest BCUT2D eigenvalue weighted by molar-refractivity contribution is 5.81. The van der Waals surface area contributed by atoms with Gasteiger partial charge in [-0.3, -0.25) is 14.4 Å². The maximum absolute atomic E-state index is 12.2. The molecule has 3 rings (SSSR count). The zero-order chi connectivity index (χ0) is 17.8.